The largest absolute Gasteiger partial charge is 0.387 e. The minimum atomic E-state index is -0.210. The van der Waals surface area contributed by atoms with Gasteiger partial charge in [-0.2, -0.15) is 0 Å². The summed E-state index contributed by atoms with van der Waals surface area (Å²) in [6.45, 7) is 4.72. The van der Waals surface area contributed by atoms with Crippen LogP contribution < -0.4 is 5.73 Å². The van der Waals surface area contributed by atoms with E-state index in [1.165, 1.54) is 25.7 Å². The van der Waals surface area contributed by atoms with Gasteiger partial charge in [-0.05, 0) is 19.3 Å². The Kier molecular flexibility index (Phi) is 3.93. The third kappa shape index (κ3) is 3.29. The minimum absolute atomic E-state index is 0.210. The van der Waals surface area contributed by atoms with Crippen molar-refractivity contribution in [1.29, 1.82) is 5.41 Å². The second kappa shape index (κ2) is 4.78. The summed E-state index contributed by atoms with van der Waals surface area (Å²) < 4.78 is 5.74. The van der Waals surface area contributed by atoms with Crippen LogP contribution in [-0.2, 0) is 4.74 Å². The lowest BCUT2D eigenvalue weighted by atomic mass is 9.88. The van der Waals surface area contributed by atoms with Gasteiger partial charge in [0.15, 0.2) is 0 Å². The normalized spacial score (nSPS) is 18.7. The Morgan fingerprint density at radius 1 is 1.43 bits per heavy atom. The van der Waals surface area contributed by atoms with E-state index in [1.807, 2.05) is 13.8 Å². The molecule has 1 rings (SSSR count). The van der Waals surface area contributed by atoms with Crippen molar-refractivity contribution in [3.63, 3.8) is 0 Å². The van der Waals surface area contributed by atoms with Crippen molar-refractivity contribution in [1.82, 2.24) is 0 Å². The highest BCUT2D eigenvalue weighted by atomic mass is 16.5. The predicted octanol–water partition coefficient (Wildman–Crippen LogP) is 2.30. The molecule has 0 atom stereocenters. The van der Waals surface area contributed by atoms with E-state index in [1.54, 1.807) is 0 Å². The second-order valence-corrected chi connectivity index (χ2v) is 4.82. The molecule has 1 aliphatic rings. The summed E-state index contributed by atoms with van der Waals surface area (Å²) in [5.41, 5.74) is 5.28. The molecule has 0 aromatic carbocycles. The van der Waals surface area contributed by atoms with Crippen LogP contribution in [0.5, 0.6) is 0 Å². The van der Waals surface area contributed by atoms with E-state index in [0.717, 1.165) is 13.0 Å². The van der Waals surface area contributed by atoms with Gasteiger partial charge >= 0.3 is 0 Å². The monoisotopic (exact) mass is 198 g/mol. The molecule has 3 nitrogen and oxygen atoms in total. The zero-order chi connectivity index (χ0) is 10.6. The van der Waals surface area contributed by atoms with Crippen molar-refractivity contribution in [2.24, 2.45) is 11.1 Å². The van der Waals surface area contributed by atoms with Crippen LogP contribution in [0.2, 0.25) is 0 Å². The lowest BCUT2D eigenvalue weighted by Crippen LogP contribution is -2.32. The average molecular weight is 198 g/mol. The molecule has 0 heterocycles. The molecule has 0 aliphatic heterocycles. The standard InChI is InChI=1S/C11H22N2O/c1-11(2,10(12)13)7-8-14-9-5-3-4-6-9/h9H,3-8H2,1-2H3,(H3,12,13). The molecule has 1 fully saturated rings. The Hall–Kier alpha value is -0.570. The molecule has 0 unspecified atom stereocenters. The first-order valence-electron chi connectivity index (χ1n) is 5.48. The van der Waals surface area contributed by atoms with E-state index in [2.05, 4.69) is 0 Å². The van der Waals surface area contributed by atoms with E-state index in [9.17, 15) is 0 Å². The van der Waals surface area contributed by atoms with Gasteiger partial charge in [-0.3, -0.25) is 5.41 Å². The van der Waals surface area contributed by atoms with Crippen LogP contribution >= 0.6 is 0 Å². The van der Waals surface area contributed by atoms with Crippen LogP contribution in [0.25, 0.3) is 0 Å². The van der Waals surface area contributed by atoms with E-state index in [0.29, 0.717) is 6.10 Å². The van der Waals surface area contributed by atoms with Crippen molar-refractivity contribution >= 4 is 5.84 Å². The highest BCUT2D eigenvalue weighted by Crippen LogP contribution is 2.24. The van der Waals surface area contributed by atoms with Gasteiger partial charge in [0.05, 0.1) is 11.9 Å². The van der Waals surface area contributed by atoms with Crippen molar-refractivity contribution in [3.8, 4) is 0 Å². The smallest absolute Gasteiger partial charge is 0.0963 e. The summed E-state index contributed by atoms with van der Waals surface area (Å²) in [5, 5.41) is 7.41. The lowest BCUT2D eigenvalue weighted by molar-refractivity contribution is 0.0471. The molecule has 1 aliphatic carbocycles. The van der Waals surface area contributed by atoms with Gasteiger partial charge in [-0.15, -0.1) is 0 Å². The van der Waals surface area contributed by atoms with E-state index >= 15 is 0 Å². The summed E-state index contributed by atoms with van der Waals surface area (Å²) in [5.74, 6) is 0.257. The van der Waals surface area contributed by atoms with Crippen molar-refractivity contribution in [2.45, 2.75) is 52.1 Å². The third-order valence-corrected chi connectivity index (χ3v) is 3.11. The van der Waals surface area contributed by atoms with E-state index < -0.39 is 0 Å². The summed E-state index contributed by atoms with van der Waals surface area (Å²) in [4.78, 5) is 0. The molecule has 14 heavy (non-hydrogen) atoms. The summed E-state index contributed by atoms with van der Waals surface area (Å²) in [7, 11) is 0. The molecule has 82 valence electrons. The zero-order valence-electron chi connectivity index (χ0n) is 9.31. The SMILES string of the molecule is CC(C)(CCOC1CCCC1)C(=N)N. The fraction of sp³-hybridized carbons (Fsp3) is 0.909. The van der Waals surface area contributed by atoms with Crippen LogP contribution in [0.1, 0.15) is 46.0 Å². The predicted molar refractivity (Wildman–Crippen MR) is 58.5 cm³/mol. The molecule has 3 heteroatoms. The van der Waals surface area contributed by atoms with Gasteiger partial charge < -0.3 is 10.5 Å². The van der Waals surface area contributed by atoms with Gasteiger partial charge in [0.2, 0.25) is 0 Å². The molecule has 3 N–H and O–H groups in total. The zero-order valence-corrected chi connectivity index (χ0v) is 9.31. The quantitative estimate of drug-likeness (QED) is 0.526. The number of ether oxygens (including phenoxy) is 1. The topological polar surface area (TPSA) is 59.1 Å². The van der Waals surface area contributed by atoms with Gasteiger partial charge in [-0.1, -0.05) is 26.7 Å². The van der Waals surface area contributed by atoms with Gasteiger partial charge in [-0.25, -0.2) is 0 Å². The van der Waals surface area contributed by atoms with Crippen molar-refractivity contribution in [2.75, 3.05) is 6.61 Å². The molecule has 0 amide bonds. The first-order chi connectivity index (χ1) is 6.52. The number of hydrogen-bond donors (Lipinski definition) is 2. The van der Waals surface area contributed by atoms with Crippen LogP contribution in [0.15, 0.2) is 0 Å². The van der Waals surface area contributed by atoms with Crippen molar-refractivity contribution < 1.29 is 4.74 Å². The van der Waals surface area contributed by atoms with Gasteiger partial charge in [0, 0.05) is 12.0 Å². The highest BCUT2D eigenvalue weighted by molar-refractivity contribution is 5.82. The van der Waals surface area contributed by atoms with Crippen LogP contribution in [0.4, 0.5) is 0 Å². The summed E-state index contributed by atoms with van der Waals surface area (Å²) in [6, 6.07) is 0. The number of nitrogens with two attached hydrogens (primary N) is 1. The first-order valence-corrected chi connectivity index (χ1v) is 5.48. The Bertz CT molecular complexity index is 195. The summed E-state index contributed by atoms with van der Waals surface area (Å²) in [6.07, 6.45) is 6.35. The Morgan fingerprint density at radius 3 is 2.50 bits per heavy atom. The first kappa shape index (κ1) is 11.5. The van der Waals surface area contributed by atoms with Gasteiger partial charge in [0.25, 0.3) is 0 Å². The number of nitrogens with one attached hydrogen (secondary N) is 1. The lowest BCUT2D eigenvalue weighted by Gasteiger charge is -2.23. The second-order valence-electron chi connectivity index (χ2n) is 4.82. The average Bonchev–Trinajstić information content (AvgIpc) is 2.56. The van der Waals surface area contributed by atoms with E-state index in [-0.39, 0.29) is 11.3 Å². The third-order valence-electron chi connectivity index (χ3n) is 3.11. The molecule has 0 spiro atoms. The van der Waals surface area contributed by atoms with Gasteiger partial charge in [0.1, 0.15) is 0 Å². The highest BCUT2D eigenvalue weighted by Gasteiger charge is 2.22. The molecule has 0 aromatic heterocycles. The van der Waals surface area contributed by atoms with Crippen molar-refractivity contribution in [3.05, 3.63) is 0 Å². The number of hydrogen-bond acceptors (Lipinski definition) is 2. The number of rotatable bonds is 5. The fourth-order valence-electron chi connectivity index (χ4n) is 1.67. The molecule has 0 aromatic rings. The van der Waals surface area contributed by atoms with E-state index in [4.69, 9.17) is 15.9 Å². The Labute approximate surface area is 86.5 Å². The van der Waals surface area contributed by atoms with Crippen LogP contribution in [0, 0.1) is 10.8 Å². The minimum Gasteiger partial charge on any atom is -0.387 e. The number of amidine groups is 1. The van der Waals surface area contributed by atoms with Crippen LogP contribution in [0.3, 0.4) is 0 Å². The molecule has 0 saturated heterocycles. The molecule has 0 bridgehead atoms. The fourth-order valence-corrected chi connectivity index (χ4v) is 1.67. The molecular weight excluding hydrogens is 176 g/mol. The molecule has 0 radical (unpaired) electrons. The Morgan fingerprint density at radius 2 is 2.00 bits per heavy atom. The van der Waals surface area contributed by atoms with Crippen LogP contribution in [-0.4, -0.2) is 18.5 Å². The maximum Gasteiger partial charge on any atom is 0.0963 e. The molecule has 1 saturated carbocycles. The maximum atomic E-state index is 7.41. The maximum absolute atomic E-state index is 7.41. The molecular formula is C11H22N2O. The Balaban J connectivity index is 2.16. The summed E-state index contributed by atoms with van der Waals surface area (Å²) >= 11 is 0.